The fraction of sp³-hybridized carbons (Fsp3) is 0.467. The van der Waals surface area contributed by atoms with Crippen LogP contribution in [0.1, 0.15) is 16.8 Å². The molecule has 7 nitrogen and oxygen atoms in total. The Morgan fingerprint density at radius 1 is 1.41 bits per heavy atom. The first-order valence-corrected chi connectivity index (χ1v) is 7.27. The van der Waals surface area contributed by atoms with Gasteiger partial charge in [-0.15, -0.1) is 5.10 Å². The number of hydrogen-bond acceptors (Lipinski definition) is 6. The van der Waals surface area contributed by atoms with Crippen LogP contribution >= 0.6 is 0 Å². The highest BCUT2D eigenvalue weighted by Gasteiger charge is 2.25. The zero-order chi connectivity index (χ0) is 15.5. The highest BCUT2D eigenvalue weighted by molar-refractivity contribution is 5.57. The van der Waals surface area contributed by atoms with Gasteiger partial charge in [-0.25, -0.2) is 0 Å². The maximum atomic E-state index is 9.44. The van der Waals surface area contributed by atoms with Crippen LogP contribution in [-0.2, 0) is 11.3 Å². The van der Waals surface area contributed by atoms with Crippen molar-refractivity contribution in [3.8, 4) is 6.07 Å². The van der Waals surface area contributed by atoms with E-state index in [-0.39, 0.29) is 6.10 Å². The first-order chi connectivity index (χ1) is 10.7. The van der Waals surface area contributed by atoms with Gasteiger partial charge in [0.05, 0.1) is 24.9 Å². The average molecular weight is 298 g/mol. The van der Waals surface area contributed by atoms with Crippen molar-refractivity contribution < 1.29 is 4.74 Å². The number of hydrogen-bond donors (Lipinski definition) is 0. The molecule has 3 heterocycles. The normalized spacial score (nSPS) is 18.2. The van der Waals surface area contributed by atoms with Gasteiger partial charge in [0.25, 0.3) is 0 Å². The zero-order valence-electron chi connectivity index (χ0n) is 12.7. The Morgan fingerprint density at radius 3 is 3.00 bits per heavy atom. The molecule has 0 spiro atoms. The number of rotatable bonds is 3. The maximum Gasteiger partial charge on any atom is 0.169 e. The molecule has 1 saturated heterocycles. The number of ether oxygens (including phenoxy) is 1. The van der Waals surface area contributed by atoms with E-state index < -0.39 is 0 Å². The van der Waals surface area contributed by atoms with E-state index in [9.17, 15) is 5.26 Å². The standard InChI is InChI=1S/C15H18N6O/c1-11-12(2)18-19-15(14(11)8-16)20-6-7-22-13(9-20)10-21-5-3-4-17-21/h3-5,13H,6-7,9-10H2,1-2H3/t13-/m0/s1. The van der Waals surface area contributed by atoms with Gasteiger partial charge in [0.15, 0.2) is 5.82 Å². The Hall–Kier alpha value is -2.46. The molecule has 1 aliphatic rings. The SMILES string of the molecule is Cc1nnc(N2CCO[C@H](Cn3cccn3)C2)c(C#N)c1C. The first kappa shape index (κ1) is 14.5. The van der Waals surface area contributed by atoms with E-state index in [4.69, 9.17) is 4.74 Å². The molecule has 0 saturated carbocycles. The molecule has 0 aromatic carbocycles. The van der Waals surface area contributed by atoms with E-state index >= 15 is 0 Å². The molecule has 0 radical (unpaired) electrons. The number of anilines is 1. The van der Waals surface area contributed by atoms with E-state index in [1.54, 1.807) is 6.20 Å². The summed E-state index contributed by atoms with van der Waals surface area (Å²) in [5.74, 6) is 0.652. The van der Waals surface area contributed by atoms with Gasteiger partial charge in [-0.05, 0) is 25.5 Å². The molecular formula is C15H18N6O. The third kappa shape index (κ3) is 2.78. The minimum Gasteiger partial charge on any atom is -0.373 e. The second-order valence-electron chi connectivity index (χ2n) is 5.39. The van der Waals surface area contributed by atoms with Crippen molar-refractivity contribution in [2.75, 3.05) is 24.6 Å². The molecule has 2 aromatic heterocycles. The second kappa shape index (κ2) is 6.12. The number of aryl methyl sites for hydroxylation is 1. The molecular weight excluding hydrogens is 280 g/mol. The van der Waals surface area contributed by atoms with Crippen molar-refractivity contribution in [2.24, 2.45) is 0 Å². The number of nitriles is 1. The zero-order valence-corrected chi connectivity index (χ0v) is 12.7. The molecule has 1 aliphatic heterocycles. The number of nitrogens with zero attached hydrogens (tertiary/aromatic N) is 6. The Bertz CT molecular complexity index is 691. The minimum absolute atomic E-state index is 0.0172. The molecule has 1 fully saturated rings. The van der Waals surface area contributed by atoms with Crippen LogP contribution in [0.15, 0.2) is 18.5 Å². The van der Waals surface area contributed by atoms with Gasteiger partial charge in [-0.1, -0.05) is 0 Å². The lowest BCUT2D eigenvalue weighted by Gasteiger charge is -2.34. The van der Waals surface area contributed by atoms with Gasteiger partial charge in [0, 0.05) is 25.5 Å². The molecule has 3 rings (SSSR count). The van der Waals surface area contributed by atoms with Crippen LogP contribution in [0.2, 0.25) is 0 Å². The Labute approximate surface area is 129 Å². The number of morpholine rings is 1. The van der Waals surface area contributed by atoms with Crippen LogP contribution in [0.3, 0.4) is 0 Å². The summed E-state index contributed by atoms with van der Waals surface area (Å²) in [5.41, 5.74) is 2.29. The molecule has 22 heavy (non-hydrogen) atoms. The third-order valence-electron chi connectivity index (χ3n) is 3.94. The molecule has 0 N–H and O–H groups in total. The molecule has 114 valence electrons. The first-order valence-electron chi connectivity index (χ1n) is 7.27. The Morgan fingerprint density at radius 2 is 2.27 bits per heavy atom. The van der Waals surface area contributed by atoms with Gasteiger partial charge >= 0.3 is 0 Å². The van der Waals surface area contributed by atoms with E-state index in [1.165, 1.54) is 0 Å². The van der Waals surface area contributed by atoms with Gasteiger partial charge in [0.1, 0.15) is 11.6 Å². The van der Waals surface area contributed by atoms with Crippen molar-refractivity contribution in [3.63, 3.8) is 0 Å². The van der Waals surface area contributed by atoms with Crippen LogP contribution in [0, 0.1) is 25.2 Å². The fourth-order valence-electron chi connectivity index (χ4n) is 2.59. The predicted molar refractivity (Wildman–Crippen MR) is 80.4 cm³/mol. The van der Waals surface area contributed by atoms with Crippen LogP contribution in [0.25, 0.3) is 0 Å². The fourth-order valence-corrected chi connectivity index (χ4v) is 2.59. The summed E-state index contributed by atoms with van der Waals surface area (Å²) in [6.07, 6.45) is 3.69. The smallest absolute Gasteiger partial charge is 0.169 e. The van der Waals surface area contributed by atoms with Gasteiger partial charge in [-0.3, -0.25) is 4.68 Å². The maximum absolute atomic E-state index is 9.44. The number of aromatic nitrogens is 4. The van der Waals surface area contributed by atoms with Gasteiger partial charge in [-0.2, -0.15) is 15.5 Å². The molecule has 0 unspecified atom stereocenters. The summed E-state index contributed by atoms with van der Waals surface area (Å²) >= 11 is 0. The summed E-state index contributed by atoms with van der Waals surface area (Å²) in [6.45, 7) is 6.45. The Balaban J connectivity index is 1.80. The van der Waals surface area contributed by atoms with Crippen LogP contribution in [0.5, 0.6) is 0 Å². The van der Waals surface area contributed by atoms with Crippen molar-refractivity contribution in [2.45, 2.75) is 26.5 Å². The highest BCUT2D eigenvalue weighted by atomic mass is 16.5. The minimum atomic E-state index is 0.0172. The molecule has 0 amide bonds. The van der Waals surface area contributed by atoms with E-state index in [1.807, 2.05) is 30.8 Å². The van der Waals surface area contributed by atoms with Crippen molar-refractivity contribution >= 4 is 5.82 Å². The Kier molecular flexibility index (Phi) is 4.02. The van der Waals surface area contributed by atoms with Gasteiger partial charge < -0.3 is 9.64 Å². The molecule has 7 heteroatoms. The summed E-state index contributed by atoms with van der Waals surface area (Å²) < 4.78 is 7.65. The van der Waals surface area contributed by atoms with Crippen molar-refractivity contribution in [1.82, 2.24) is 20.0 Å². The summed E-state index contributed by atoms with van der Waals surface area (Å²) in [7, 11) is 0. The summed E-state index contributed by atoms with van der Waals surface area (Å²) in [4.78, 5) is 2.08. The van der Waals surface area contributed by atoms with E-state index in [0.29, 0.717) is 37.6 Å². The topological polar surface area (TPSA) is 79.9 Å². The lowest BCUT2D eigenvalue weighted by Crippen LogP contribution is -2.45. The van der Waals surface area contributed by atoms with Crippen LogP contribution in [-0.4, -0.2) is 45.8 Å². The third-order valence-corrected chi connectivity index (χ3v) is 3.94. The average Bonchev–Trinajstić information content (AvgIpc) is 3.03. The lowest BCUT2D eigenvalue weighted by molar-refractivity contribution is 0.0271. The summed E-state index contributed by atoms with van der Waals surface area (Å²) in [6, 6.07) is 4.15. The highest BCUT2D eigenvalue weighted by Crippen LogP contribution is 2.23. The van der Waals surface area contributed by atoms with E-state index in [0.717, 1.165) is 11.3 Å². The van der Waals surface area contributed by atoms with E-state index in [2.05, 4.69) is 26.3 Å². The van der Waals surface area contributed by atoms with Gasteiger partial charge in [0.2, 0.25) is 0 Å². The van der Waals surface area contributed by atoms with Crippen LogP contribution < -0.4 is 4.90 Å². The predicted octanol–water partition coefficient (Wildman–Crippen LogP) is 1.07. The molecule has 2 aromatic rings. The molecule has 1 atom stereocenters. The largest absolute Gasteiger partial charge is 0.373 e. The van der Waals surface area contributed by atoms with Crippen molar-refractivity contribution in [1.29, 1.82) is 5.26 Å². The summed E-state index contributed by atoms with van der Waals surface area (Å²) in [5, 5.41) is 22.0. The van der Waals surface area contributed by atoms with Crippen LogP contribution in [0.4, 0.5) is 5.82 Å². The molecule has 0 bridgehead atoms. The lowest BCUT2D eigenvalue weighted by atomic mass is 10.1. The monoisotopic (exact) mass is 298 g/mol. The van der Waals surface area contributed by atoms with Crippen molar-refractivity contribution in [3.05, 3.63) is 35.3 Å². The molecule has 0 aliphatic carbocycles. The second-order valence-corrected chi connectivity index (χ2v) is 5.39. The quantitative estimate of drug-likeness (QED) is 0.843.